The number of benzene rings is 2. The molecule has 8 nitrogen and oxygen atoms in total. The van der Waals surface area contributed by atoms with Gasteiger partial charge in [-0.15, -0.1) is 0 Å². The van der Waals surface area contributed by atoms with Crippen LogP contribution in [0.15, 0.2) is 47.6 Å². The monoisotopic (exact) mass is 483 g/mol. The molecule has 4 rings (SSSR count). The highest BCUT2D eigenvalue weighted by Crippen LogP contribution is 2.23. The number of fused-ring (bicyclic) bond motifs is 1. The highest BCUT2D eigenvalue weighted by atomic mass is 32.2. The van der Waals surface area contributed by atoms with Gasteiger partial charge in [-0.1, -0.05) is 12.1 Å². The van der Waals surface area contributed by atoms with Crippen LogP contribution in [0.3, 0.4) is 0 Å². The second-order valence-corrected chi connectivity index (χ2v) is 11.3. The maximum atomic E-state index is 12.8. The van der Waals surface area contributed by atoms with Crippen molar-refractivity contribution < 1.29 is 13.2 Å². The number of nitrogens with zero attached hydrogens (tertiary/aromatic N) is 5. The van der Waals surface area contributed by atoms with E-state index in [1.807, 2.05) is 9.47 Å². The lowest BCUT2D eigenvalue weighted by atomic mass is 10.1. The maximum Gasteiger partial charge on any atom is 0.242 e. The minimum absolute atomic E-state index is 0.185. The van der Waals surface area contributed by atoms with E-state index in [0.717, 1.165) is 31.7 Å². The first-order valence-corrected chi connectivity index (χ1v) is 13.1. The van der Waals surface area contributed by atoms with E-state index < -0.39 is 10.0 Å². The van der Waals surface area contributed by atoms with E-state index in [4.69, 9.17) is 0 Å². The van der Waals surface area contributed by atoms with Crippen LogP contribution in [0.4, 0.5) is 5.69 Å². The minimum Gasteiger partial charge on any atom is -0.368 e. The van der Waals surface area contributed by atoms with E-state index >= 15 is 0 Å². The van der Waals surface area contributed by atoms with Gasteiger partial charge < -0.3 is 14.4 Å². The predicted octanol–water partition coefficient (Wildman–Crippen LogP) is 3.03. The molecule has 2 heterocycles. The van der Waals surface area contributed by atoms with Gasteiger partial charge in [0.2, 0.25) is 15.9 Å². The fourth-order valence-corrected chi connectivity index (χ4v) is 5.33. The lowest BCUT2D eigenvalue weighted by Crippen LogP contribution is -2.49. The first-order chi connectivity index (χ1) is 16.2. The number of aryl methyl sites for hydroxylation is 3. The average molecular weight is 484 g/mol. The van der Waals surface area contributed by atoms with Gasteiger partial charge >= 0.3 is 0 Å². The Morgan fingerprint density at radius 2 is 1.76 bits per heavy atom. The van der Waals surface area contributed by atoms with E-state index in [1.165, 1.54) is 35.2 Å². The van der Waals surface area contributed by atoms with Crippen LogP contribution in [0.1, 0.15) is 24.0 Å². The highest BCUT2D eigenvalue weighted by molar-refractivity contribution is 7.89. The summed E-state index contributed by atoms with van der Waals surface area (Å²) in [6.45, 7) is 8.07. The summed E-state index contributed by atoms with van der Waals surface area (Å²) in [6.07, 6.45) is 2.90. The molecular formula is C25H33N5O3S. The molecule has 1 saturated heterocycles. The van der Waals surface area contributed by atoms with Crippen LogP contribution < -0.4 is 4.90 Å². The molecular weight excluding hydrogens is 450 g/mol. The van der Waals surface area contributed by atoms with Gasteiger partial charge in [0.05, 0.1) is 22.3 Å². The van der Waals surface area contributed by atoms with E-state index in [1.54, 1.807) is 24.5 Å². The third-order valence-electron chi connectivity index (χ3n) is 6.50. The summed E-state index contributed by atoms with van der Waals surface area (Å²) in [4.78, 5) is 21.7. The summed E-state index contributed by atoms with van der Waals surface area (Å²) < 4.78 is 27.9. The molecule has 0 radical (unpaired) electrons. The second-order valence-electron chi connectivity index (χ2n) is 9.14. The molecule has 1 amide bonds. The quantitative estimate of drug-likeness (QED) is 0.516. The molecule has 1 aliphatic heterocycles. The van der Waals surface area contributed by atoms with E-state index in [0.29, 0.717) is 24.9 Å². The molecule has 0 saturated carbocycles. The van der Waals surface area contributed by atoms with E-state index in [2.05, 4.69) is 41.9 Å². The number of carbonyl (C=O) groups is 1. The Morgan fingerprint density at radius 1 is 1.03 bits per heavy atom. The molecule has 182 valence electrons. The molecule has 0 N–H and O–H groups in total. The van der Waals surface area contributed by atoms with Crippen LogP contribution in [0.5, 0.6) is 0 Å². The molecule has 1 aromatic heterocycles. The van der Waals surface area contributed by atoms with Crippen molar-refractivity contribution in [2.45, 2.75) is 38.1 Å². The molecule has 0 spiro atoms. The fourth-order valence-electron chi connectivity index (χ4n) is 4.41. The number of imidazole rings is 1. The van der Waals surface area contributed by atoms with Crippen molar-refractivity contribution in [1.82, 2.24) is 18.8 Å². The summed E-state index contributed by atoms with van der Waals surface area (Å²) >= 11 is 0. The van der Waals surface area contributed by atoms with Gasteiger partial charge in [0.25, 0.3) is 0 Å². The Balaban J connectivity index is 1.31. The van der Waals surface area contributed by atoms with Crippen LogP contribution in [0.25, 0.3) is 11.0 Å². The number of piperazine rings is 1. The van der Waals surface area contributed by atoms with Crippen LogP contribution in [0, 0.1) is 13.8 Å². The second kappa shape index (κ2) is 9.76. The summed E-state index contributed by atoms with van der Waals surface area (Å²) in [7, 11) is -0.471. The molecule has 2 aromatic carbocycles. The molecule has 9 heteroatoms. The number of anilines is 1. The Morgan fingerprint density at radius 3 is 2.47 bits per heavy atom. The van der Waals surface area contributed by atoms with Gasteiger partial charge in [0.1, 0.15) is 0 Å². The molecule has 3 aromatic rings. The van der Waals surface area contributed by atoms with Crippen molar-refractivity contribution in [3.63, 3.8) is 0 Å². The molecule has 1 aliphatic rings. The number of hydrogen-bond acceptors (Lipinski definition) is 5. The zero-order valence-electron chi connectivity index (χ0n) is 20.4. The third kappa shape index (κ3) is 4.95. The summed E-state index contributed by atoms with van der Waals surface area (Å²) in [5.74, 6) is 0.185. The largest absolute Gasteiger partial charge is 0.368 e. The summed E-state index contributed by atoms with van der Waals surface area (Å²) in [5.41, 5.74) is 5.29. The molecule has 0 aliphatic carbocycles. The Labute approximate surface area is 201 Å². The number of aromatic nitrogens is 2. The van der Waals surface area contributed by atoms with Crippen LogP contribution in [-0.2, 0) is 21.4 Å². The van der Waals surface area contributed by atoms with Gasteiger partial charge in [-0.3, -0.25) is 4.79 Å². The third-order valence-corrected chi connectivity index (χ3v) is 8.31. The number of amides is 1. The first-order valence-electron chi connectivity index (χ1n) is 11.6. The minimum atomic E-state index is -3.50. The highest BCUT2D eigenvalue weighted by Gasteiger charge is 2.22. The number of sulfonamides is 1. The van der Waals surface area contributed by atoms with E-state index in [-0.39, 0.29) is 10.8 Å². The fraction of sp³-hybridized carbons (Fsp3) is 0.440. The molecule has 0 atom stereocenters. The Bertz CT molecular complexity index is 1290. The van der Waals surface area contributed by atoms with Crippen molar-refractivity contribution in [2.24, 2.45) is 0 Å². The first kappa shape index (κ1) is 24.2. The lowest BCUT2D eigenvalue weighted by molar-refractivity contribution is -0.131. The van der Waals surface area contributed by atoms with E-state index in [9.17, 15) is 13.2 Å². The zero-order valence-corrected chi connectivity index (χ0v) is 21.2. The van der Waals surface area contributed by atoms with Gasteiger partial charge in [-0.05, 0) is 55.7 Å². The number of carbonyl (C=O) groups excluding carboxylic acids is 1. The van der Waals surface area contributed by atoms with Crippen LogP contribution >= 0.6 is 0 Å². The maximum absolute atomic E-state index is 12.8. The van der Waals surface area contributed by atoms with Crippen molar-refractivity contribution in [1.29, 1.82) is 0 Å². The number of rotatable bonds is 7. The average Bonchev–Trinajstić information content (AvgIpc) is 3.23. The van der Waals surface area contributed by atoms with Crippen LogP contribution in [-0.4, -0.2) is 73.4 Å². The summed E-state index contributed by atoms with van der Waals surface area (Å²) in [6, 6.07) is 11.5. The topological polar surface area (TPSA) is 78.8 Å². The molecule has 1 fully saturated rings. The lowest BCUT2D eigenvalue weighted by Gasteiger charge is -2.37. The van der Waals surface area contributed by atoms with Gasteiger partial charge in [0.15, 0.2) is 0 Å². The Kier molecular flexibility index (Phi) is 6.95. The molecule has 0 bridgehead atoms. The van der Waals surface area contributed by atoms with Gasteiger partial charge in [0, 0.05) is 58.9 Å². The smallest absolute Gasteiger partial charge is 0.242 e. The Hall–Kier alpha value is -2.91. The van der Waals surface area contributed by atoms with Gasteiger partial charge in [-0.25, -0.2) is 17.7 Å². The van der Waals surface area contributed by atoms with Crippen molar-refractivity contribution >= 4 is 32.7 Å². The zero-order chi connectivity index (χ0) is 24.5. The number of hydrogen-bond donors (Lipinski definition) is 0. The van der Waals surface area contributed by atoms with Crippen molar-refractivity contribution in [3.05, 3.63) is 53.9 Å². The SMILES string of the molecule is Cc1ccc(C)c(N2CCN(C(=O)CCCn3cnc4cc(S(=O)(=O)N(C)C)ccc43)CC2)c1. The normalized spacial score (nSPS) is 14.9. The van der Waals surface area contributed by atoms with Gasteiger partial charge in [-0.2, -0.15) is 0 Å². The molecule has 34 heavy (non-hydrogen) atoms. The predicted molar refractivity (Wildman–Crippen MR) is 135 cm³/mol. The standard InChI is InChI=1S/C25H33N5O3S/c1-19-7-8-20(2)24(16-19)28-12-14-29(15-13-28)25(31)6-5-11-30-18-26-22-17-21(9-10-23(22)30)34(32,33)27(3)4/h7-10,16-18H,5-6,11-15H2,1-4H3. The van der Waals surface area contributed by atoms with Crippen molar-refractivity contribution in [2.75, 3.05) is 45.2 Å². The molecule has 0 unspecified atom stereocenters. The summed E-state index contributed by atoms with van der Waals surface area (Å²) in [5, 5.41) is 0. The van der Waals surface area contributed by atoms with Crippen LogP contribution in [0.2, 0.25) is 0 Å². The van der Waals surface area contributed by atoms with Crippen molar-refractivity contribution in [3.8, 4) is 0 Å².